The van der Waals surface area contributed by atoms with E-state index in [0.717, 1.165) is 45.4 Å². The van der Waals surface area contributed by atoms with Crippen molar-refractivity contribution in [3.63, 3.8) is 0 Å². The molecule has 0 aliphatic carbocycles. The third-order valence-corrected chi connectivity index (χ3v) is 4.21. The molecule has 6 heteroatoms. The van der Waals surface area contributed by atoms with Gasteiger partial charge in [-0.3, -0.25) is 9.59 Å². The molecule has 2 saturated heterocycles. The minimum atomic E-state index is -0.439. The molecule has 0 unspecified atom stereocenters. The van der Waals surface area contributed by atoms with Gasteiger partial charge in [0.25, 0.3) is 0 Å². The lowest BCUT2D eigenvalue weighted by Gasteiger charge is -2.29. The van der Waals surface area contributed by atoms with E-state index in [-0.39, 0.29) is 5.91 Å². The van der Waals surface area contributed by atoms with Gasteiger partial charge in [0.2, 0.25) is 0 Å². The van der Waals surface area contributed by atoms with Gasteiger partial charge in [-0.15, -0.1) is 0 Å². The van der Waals surface area contributed by atoms with Gasteiger partial charge in [0.1, 0.15) is 0 Å². The van der Waals surface area contributed by atoms with Gasteiger partial charge in [-0.2, -0.15) is 0 Å². The standard InChI is InChI=1S/C14H26N4O2/c1-17-8-3-12(4-9-17)11-16-13(19)14(20)18-7-2-5-15-6-10-18/h12,15H,2-11H2,1H3,(H,16,19). The number of carbonyl (C=O) groups is 2. The van der Waals surface area contributed by atoms with Crippen molar-refractivity contribution in [3.8, 4) is 0 Å². The molecule has 0 saturated carbocycles. The molecule has 2 N–H and O–H groups in total. The maximum absolute atomic E-state index is 12.1. The molecule has 0 bridgehead atoms. The van der Waals surface area contributed by atoms with Crippen LogP contribution in [0.1, 0.15) is 19.3 Å². The van der Waals surface area contributed by atoms with E-state index in [4.69, 9.17) is 0 Å². The third-order valence-electron chi connectivity index (χ3n) is 4.21. The van der Waals surface area contributed by atoms with E-state index in [1.54, 1.807) is 4.90 Å². The number of carbonyl (C=O) groups excluding carboxylic acids is 2. The average Bonchev–Trinajstić information content (AvgIpc) is 2.74. The third kappa shape index (κ3) is 4.45. The largest absolute Gasteiger partial charge is 0.348 e. The molecule has 0 aromatic rings. The van der Waals surface area contributed by atoms with E-state index in [2.05, 4.69) is 22.6 Å². The van der Waals surface area contributed by atoms with Crippen molar-refractivity contribution >= 4 is 11.8 Å². The molecule has 20 heavy (non-hydrogen) atoms. The Balaban J connectivity index is 1.72. The van der Waals surface area contributed by atoms with Crippen LogP contribution in [0.15, 0.2) is 0 Å². The summed E-state index contributed by atoms with van der Waals surface area (Å²) in [4.78, 5) is 27.9. The first-order valence-electron chi connectivity index (χ1n) is 7.63. The molecule has 114 valence electrons. The van der Waals surface area contributed by atoms with Crippen LogP contribution >= 0.6 is 0 Å². The Morgan fingerprint density at radius 3 is 2.65 bits per heavy atom. The Labute approximate surface area is 120 Å². The molecule has 0 atom stereocenters. The number of piperidine rings is 1. The number of hydrogen-bond acceptors (Lipinski definition) is 4. The van der Waals surface area contributed by atoms with Crippen LogP contribution in [0, 0.1) is 5.92 Å². The maximum Gasteiger partial charge on any atom is 0.311 e. The summed E-state index contributed by atoms with van der Waals surface area (Å²) in [6.07, 6.45) is 3.10. The molecule has 0 aromatic carbocycles. The molecule has 0 radical (unpaired) electrons. The van der Waals surface area contributed by atoms with E-state index in [1.165, 1.54) is 0 Å². The average molecular weight is 282 g/mol. The number of nitrogens with zero attached hydrogens (tertiary/aromatic N) is 2. The number of hydrogen-bond donors (Lipinski definition) is 2. The molecular weight excluding hydrogens is 256 g/mol. The smallest absolute Gasteiger partial charge is 0.311 e. The SMILES string of the molecule is CN1CCC(CNC(=O)C(=O)N2CCCNCC2)CC1. The van der Waals surface area contributed by atoms with E-state index in [9.17, 15) is 9.59 Å². The van der Waals surface area contributed by atoms with Crippen molar-refractivity contribution in [3.05, 3.63) is 0 Å². The van der Waals surface area contributed by atoms with E-state index in [0.29, 0.717) is 25.6 Å². The maximum atomic E-state index is 12.1. The summed E-state index contributed by atoms with van der Waals surface area (Å²) in [5, 5.41) is 6.04. The van der Waals surface area contributed by atoms with E-state index >= 15 is 0 Å². The first-order chi connectivity index (χ1) is 9.66. The van der Waals surface area contributed by atoms with Gasteiger partial charge in [0.15, 0.2) is 0 Å². The fourth-order valence-electron chi connectivity index (χ4n) is 2.77. The summed E-state index contributed by atoms with van der Waals surface area (Å²) in [6, 6.07) is 0. The van der Waals surface area contributed by atoms with Gasteiger partial charge in [0, 0.05) is 26.2 Å². The number of nitrogens with one attached hydrogen (secondary N) is 2. The van der Waals surface area contributed by atoms with Crippen molar-refractivity contribution in [1.29, 1.82) is 0 Å². The van der Waals surface area contributed by atoms with Crippen LogP contribution in [0.4, 0.5) is 0 Å². The molecular formula is C14H26N4O2. The summed E-state index contributed by atoms with van der Waals surface area (Å²) < 4.78 is 0. The molecule has 2 fully saturated rings. The van der Waals surface area contributed by atoms with E-state index < -0.39 is 5.91 Å². The summed E-state index contributed by atoms with van der Waals surface area (Å²) in [6.45, 7) is 5.77. The highest BCUT2D eigenvalue weighted by molar-refractivity contribution is 6.35. The Kier molecular flexibility index (Phi) is 5.79. The molecule has 2 heterocycles. The monoisotopic (exact) mass is 282 g/mol. The Bertz CT molecular complexity index is 332. The highest BCUT2D eigenvalue weighted by atomic mass is 16.2. The Morgan fingerprint density at radius 1 is 1.15 bits per heavy atom. The number of rotatable bonds is 2. The van der Waals surface area contributed by atoms with Crippen LogP contribution < -0.4 is 10.6 Å². The lowest BCUT2D eigenvalue weighted by molar-refractivity contribution is -0.145. The zero-order valence-corrected chi connectivity index (χ0v) is 12.4. The van der Waals surface area contributed by atoms with Crippen LogP contribution in [-0.4, -0.2) is 74.5 Å². The minimum Gasteiger partial charge on any atom is -0.348 e. The van der Waals surface area contributed by atoms with Gasteiger partial charge in [-0.1, -0.05) is 0 Å². The number of likely N-dealkylation sites (tertiary alicyclic amines) is 1. The highest BCUT2D eigenvalue weighted by Gasteiger charge is 2.24. The molecule has 0 aromatic heterocycles. The normalized spacial score (nSPS) is 22.4. The first kappa shape index (κ1) is 15.3. The second kappa shape index (κ2) is 7.59. The molecule has 0 spiro atoms. The predicted octanol–water partition coefficient (Wildman–Crippen LogP) is -0.734. The summed E-state index contributed by atoms with van der Waals surface area (Å²) in [5.74, 6) is -0.304. The highest BCUT2D eigenvalue weighted by Crippen LogP contribution is 2.14. The van der Waals surface area contributed by atoms with Crippen molar-refractivity contribution < 1.29 is 9.59 Å². The van der Waals surface area contributed by atoms with Crippen LogP contribution in [0.3, 0.4) is 0 Å². The Morgan fingerprint density at radius 2 is 1.90 bits per heavy atom. The molecule has 2 aliphatic heterocycles. The van der Waals surface area contributed by atoms with Crippen molar-refractivity contribution in [2.24, 2.45) is 5.92 Å². The van der Waals surface area contributed by atoms with E-state index in [1.807, 2.05) is 0 Å². The predicted molar refractivity (Wildman–Crippen MR) is 77.3 cm³/mol. The minimum absolute atomic E-state index is 0.373. The summed E-state index contributed by atoms with van der Waals surface area (Å²) in [7, 11) is 2.12. The van der Waals surface area contributed by atoms with Crippen molar-refractivity contribution in [1.82, 2.24) is 20.4 Å². The second-order valence-corrected chi connectivity index (χ2v) is 5.85. The summed E-state index contributed by atoms with van der Waals surface area (Å²) >= 11 is 0. The zero-order valence-electron chi connectivity index (χ0n) is 12.4. The van der Waals surface area contributed by atoms with Gasteiger partial charge in [-0.05, 0) is 51.9 Å². The molecule has 2 amide bonds. The second-order valence-electron chi connectivity index (χ2n) is 5.85. The van der Waals surface area contributed by atoms with Crippen LogP contribution in [0.2, 0.25) is 0 Å². The van der Waals surface area contributed by atoms with Gasteiger partial charge >= 0.3 is 11.8 Å². The van der Waals surface area contributed by atoms with Crippen LogP contribution in [0.25, 0.3) is 0 Å². The zero-order chi connectivity index (χ0) is 14.4. The fourth-order valence-corrected chi connectivity index (χ4v) is 2.77. The molecule has 2 aliphatic rings. The summed E-state index contributed by atoms with van der Waals surface area (Å²) in [5.41, 5.74) is 0. The van der Waals surface area contributed by atoms with Gasteiger partial charge in [-0.25, -0.2) is 0 Å². The van der Waals surface area contributed by atoms with Crippen LogP contribution in [0.5, 0.6) is 0 Å². The van der Waals surface area contributed by atoms with Crippen molar-refractivity contribution in [2.75, 3.05) is 52.9 Å². The number of amides is 2. The quantitative estimate of drug-likeness (QED) is 0.655. The van der Waals surface area contributed by atoms with Gasteiger partial charge < -0.3 is 20.4 Å². The van der Waals surface area contributed by atoms with Gasteiger partial charge in [0.05, 0.1) is 0 Å². The molecule has 6 nitrogen and oxygen atoms in total. The fraction of sp³-hybridized carbons (Fsp3) is 0.857. The van der Waals surface area contributed by atoms with Crippen LogP contribution in [-0.2, 0) is 9.59 Å². The first-order valence-corrected chi connectivity index (χ1v) is 7.63. The van der Waals surface area contributed by atoms with Crippen molar-refractivity contribution in [2.45, 2.75) is 19.3 Å². The topological polar surface area (TPSA) is 64.7 Å². The lowest BCUT2D eigenvalue weighted by Crippen LogP contribution is -2.46. The lowest BCUT2D eigenvalue weighted by atomic mass is 9.97. The molecule has 2 rings (SSSR count). The Hall–Kier alpha value is -1.14.